The molecule has 0 aliphatic carbocycles. The fraction of sp³-hybridized carbons (Fsp3) is 0.667. The van der Waals surface area contributed by atoms with Gasteiger partial charge in [0.2, 0.25) is 0 Å². The predicted octanol–water partition coefficient (Wildman–Crippen LogP) is 1.55. The van der Waals surface area contributed by atoms with Crippen LogP contribution in [0.25, 0.3) is 10.3 Å². The van der Waals surface area contributed by atoms with Gasteiger partial charge in [0.15, 0.2) is 10.8 Å². The molecule has 3 heterocycles. The fourth-order valence-corrected chi connectivity index (χ4v) is 3.66. The predicted molar refractivity (Wildman–Crippen MR) is 73.1 cm³/mol. The Morgan fingerprint density at radius 3 is 3.06 bits per heavy atom. The Hall–Kier alpha value is -1.14. The Bertz CT molecular complexity index is 527. The largest absolute Gasteiger partial charge is 0.396 e. The summed E-state index contributed by atoms with van der Waals surface area (Å²) in [7, 11) is 1.94. The van der Waals surface area contributed by atoms with Crippen LogP contribution in [0.4, 0.5) is 5.13 Å². The number of aryl methyl sites for hydroxylation is 2. The first-order chi connectivity index (χ1) is 8.69. The number of hydrogen-bond donors (Lipinski definition) is 1. The second-order valence-corrected chi connectivity index (χ2v) is 5.97. The summed E-state index contributed by atoms with van der Waals surface area (Å²) in [6.45, 7) is 4.27. The van der Waals surface area contributed by atoms with E-state index in [4.69, 9.17) is 0 Å². The van der Waals surface area contributed by atoms with Crippen LogP contribution in [0.5, 0.6) is 0 Å². The highest BCUT2D eigenvalue weighted by Gasteiger charge is 2.23. The number of aliphatic hydroxyl groups is 1. The lowest BCUT2D eigenvalue weighted by Gasteiger charge is -2.31. The Balaban J connectivity index is 1.92. The average Bonchev–Trinajstić information content (AvgIpc) is 2.93. The van der Waals surface area contributed by atoms with Crippen LogP contribution in [-0.2, 0) is 7.05 Å². The number of anilines is 1. The summed E-state index contributed by atoms with van der Waals surface area (Å²) in [6.07, 6.45) is 2.26. The van der Waals surface area contributed by atoms with Gasteiger partial charge in [-0.2, -0.15) is 5.10 Å². The number of fused-ring (bicyclic) bond motifs is 1. The lowest BCUT2D eigenvalue weighted by Crippen LogP contribution is -2.36. The normalized spacial score (nSPS) is 20.8. The number of aliphatic hydroxyl groups excluding tert-OH is 1. The zero-order chi connectivity index (χ0) is 12.7. The minimum absolute atomic E-state index is 0.280. The summed E-state index contributed by atoms with van der Waals surface area (Å²) in [5.74, 6) is 0.394. The van der Waals surface area contributed by atoms with Crippen LogP contribution >= 0.6 is 11.3 Å². The van der Waals surface area contributed by atoms with Gasteiger partial charge >= 0.3 is 0 Å². The first-order valence-corrected chi connectivity index (χ1v) is 7.16. The lowest BCUT2D eigenvalue weighted by molar-refractivity contribution is 0.208. The van der Waals surface area contributed by atoms with E-state index in [0.717, 1.165) is 42.4 Å². The van der Waals surface area contributed by atoms with Gasteiger partial charge < -0.3 is 10.0 Å². The van der Waals surface area contributed by atoms with E-state index in [-0.39, 0.29) is 6.61 Å². The highest BCUT2D eigenvalue weighted by atomic mass is 32.1. The molecular weight excluding hydrogens is 248 g/mol. The molecule has 1 aliphatic rings. The third-order valence-corrected chi connectivity index (χ3v) is 4.79. The van der Waals surface area contributed by atoms with Gasteiger partial charge in [-0.05, 0) is 25.7 Å². The molecule has 1 fully saturated rings. The first kappa shape index (κ1) is 11.9. The molecule has 1 aliphatic heterocycles. The van der Waals surface area contributed by atoms with E-state index in [1.807, 2.05) is 18.7 Å². The molecule has 0 spiro atoms. The molecule has 5 nitrogen and oxygen atoms in total. The summed E-state index contributed by atoms with van der Waals surface area (Å²) >= 11 is 1.71. The van der Waals surface area contributed by atoms with E-state index < -0.39 is 0 Å². The van der Waals surface area contributed by atoms with Gasteiger partial charge in [-0.15, -0.1) is 0 Å². The van der Waals surface area contributed by atoms with Gasteiger partial charge in [-0.3, -0.25) is 0 Å². The molecule has 6 heteroatoms. The number of rotatable bonds is 2. The lowest BCUT2D eigenvalue weighted by atomic mass is 10.00. The van der Waals surface area contributed by atoms with Gasteiger partial charge in [0.1, 0.15) is 0 Å². The Kier molecular flexibility index (Phi) is 2.99. The van der Waals surface area contributed by atoms with Gasteiger partial charge in [0, 0.05) is 26.7 Å². The maximum atomic E-state index is 9.29. The number of hydrogen-bond acceptors (Lipinski definition) is 5. The van der Waals surface area contributed by atoms with E-state index in [1.54, 1.807) is 11.3 Å². The summed E-state index contributed by atoms with van der Waals surface area (Å²) in [5, 5.41) is 14.7. The Morgan fingerprint density at radius 1 is 1.50 bits per heavy atom. The molecule has 18 heavy (non-hydrogen) atoms. The van der Waals surface area contributed by atoms with Crippen molar-refractivity contribution in [2.45, 2.75) is 19.8 Å². The van der Waals surface area contributed by atoms with Crippen molar-refractivity contribution in [3.05, 3.63) is 5.69 Å². The number of nitrogens with zero attached hydrogens (tertiary/aromatic N) is 4. The molecule has 1 N–H and O–H groups in total. The van der Waals surface area contributed by atoms with E-state index in [2.05, 4.69) is 15.0 Å². The third kappa shape index (κ3) is 1.89. The molecule has 2 aromatic heterocycles. The minimum Gasteiger partial charge on any atom is -0.396 e. The molecule has 0 saturated carbocycles. The van der Waals surface area contributed by atoms with Crippen molar-refractivity contribution in [3.63, 3.8) is 0 Å². The molecule has 1 atom stereocenters. The van der Waals surface area contributed by atoms with Crippen molar-refractivity contribution >= 4 is 26.8 Å². The number of thiazole rings is 1. The molecule has 0 amide bonds. The quantitative estimate of drug-likeness (QED) is 0.896. The van der Waals surface area contributed by atoms with Crippen molar-refractivity contribution < 1.29 is 5.11 Å². The molecule has 1 saturated heterocycles. The molecule has 0 aromatic carbocycles. The van der Waals surface area contributed by atoms with Crippen LogP contribution in [0, 0.1) is 12.8 Å². The topological polar surface area (TPSA) is 54.2 Å². The van der Waals surface area contributed by atoms with Crippen molar-refractivity contribution in [3.8, 4) is 0 Å². The molecule has 98 valence electrons. The highest BCUT2D eigenvalue weighted by Crippen LogP contribution is 2.32. The second kappa shape index (κ2) is 4.51. The SMILES string of the molecule is Cc1nn(C)c2nc(N3CCCC(CO)C3)sc12. The molecule has 2 aromatic rings. The van der Waals surface area contributed by atoms with Gasteiger partial charge in [0.05, 0.1) is 10.4 Å². The summed E-state index contributed by atoms with van der Waals surface area (Å²) in [6, 6.07) is 0. The third-order valence-electron chi connectivity index (χ3n) is 3.58. The van der Waals surface area contributed by atoms with Crippen molar-refractivity contribution in [1.29, 1.82) is 0 Å². The van der Waals surface area contributed by atoms with Crippen LogP contribution in [-0.4, -0.2) is 39.6 Å². The summed E-state index contributed by atoms with van der Waals surface area (Å²) in [5.41, 5.74) is 2.02. The Labute approximate surface area is 110 Å². The first-order valence-electron chi connectivity index (χ1n) is 6.35. The summed E-state index contributed by atoms with van der Waals surface area (Å²) < 4.78 is 3.02. The Morgan fingerprint density at radius 2 is 2.33 bits per heavy atom. The van der Waals surface area contributed by atoms with Gasteiger partial charge in [-0.25, -0.2) is 9.67 Å². The van der Waals surface area contributed by atoms with E-state index in [1.165, 1.54) is 4.70 Å². The van der Waals surface area contributed by atoms with Crippen molar-refractivity contribution in [2.75, 3.05) is 24.6 Å². The average molecular weight is 266 g/mol. The van der Waals surface area contributed by atoms with E-state index >= 15 is 0 Å². The van der Waals surface area contributed by atoms with Crippen LogP contribution in [0.2, 0.25) is 0 Å². The molecule has 1 unspecified atom stereocenters. The zero-order valence-electron chi connectivity index (χ0n) is 10.8. The van der Waals surface area contributed by atoms with E-state index in [9.17, 15) is 5.11 Å². The smallest absolute Gasteiger partial charge is 0.188 e. The molecular formula is C12H18N4OS. The van der Waals surface area contributed by atoms with E-state index in [0.29, 0.717) is 5.92 Å². The monoisotopic (exact) mass is 266 g/mol. The van der Waals surface area contributed by atoms with Crippen LogP contribution in [0.15, 0.2) is 0 Å². The standard InChI is InChI=1S/C12H18N4OS/c1-8-10-11(15(2)14-8)13-12(18-10)16-5-3-4-9(6-16)7-17/h9,17H,3-7H2,1-2H3. The van der Waals surface area contributed by atoms with Gasteiger partial charge in [-0.1, -0.05) is 11.3 Å². The summed E-state index contributed by atoms with van der Waals surface area (Å²) in [4.78, 5) is 6.99. The molecule has 0 radical (unpaired) electrons. The minimum atomic E-state index is 0.280. The zero-order valence-corrected chi connectivity index (χ0v) is 11.6. The van der Waals surface area contributed by atoms with Crippen LogP contribution in [0.1, 0.15) is 18.5 Å². The van der Waals surface area contributed by atoms with Crippen molar-refractivity contribution in [1.82, 2.24) is 14.8 Å². The maximum Gasteiger partial charge on any atom is 0.188 e. The second-order valence-electron chi connectivity index (χ2n) is 5.00. The molecule has 0 bridgehead atoms. The van der Waals surface area contributed by atoms with Crippen LogP contribution in [0.3, 0.4) is 0 Å². The molecule has 3 rings (SSSR count). The highest BCUT2D eigenvalue weighted by molar-refractivity contribution is 7.22. The van der Waals surface area contributed by atoms with Gasteiger partial charge in [0.25, 0.3) is 0 Å². The number of piperidine rings is 1. The maximum absolute atomic E-state index is 9.29. The van der Waals surface area contributed by atoms with Crippen LogP contribution < -0.4 is 4.90 Å². The van der Waals surface area contributed by atoms with Crippen molar-refractivity contribution in [2.24, 2.45) is 13.0 Å². The number of aromatic nitrogens is 3. The fourth-order valence-electron chi connectivity index (χ4n) is 2.60.